The van der Waals surface area contributed by atoms with Crippen LogP contribution in [0.2, 0.25) is 0 Å². The van der Waals surface area contributed by atoms with Gasteiger partial charge in [0.25, 0.3) is 0 Å². The Bertz CT molecular complexity index is 139. The molecular formula is C7H14N2O3. The quantitative estimate of drug-likeness (QED) is 0.422. The number of rotatable bonds is 6. The maximum absolute atomic E-state index is 10.7. The van der Waals surface area contributed by atoms with E-state index in [0.717, 1.165) is 6.42 Å². The Morgan fingerprint density at radius 2 is 2.25 bits per heavy atom. The van der Waals surface area contributed by atoms with Crippen LogP contribution < -0.4 is 10.6 Å². The Morgan fingerprint density at radius 1 is 1.50 bits per heavy atom. The highest BCUT2D eigenvalue weighted by Crippen LogP contribution is 1.76. The fraction of sp³-hybridized carbons (Fsp3) is 0.714. The van der Waals surface area contributed by atoms with Crippen LogP contribution in [0.5, 0.6) is 0 Å². The van der Waals surface area contributed by atoms with Crippen molar-refractivity contribution in [2.75, 3.05) is 26.8 Å². The molecule has 0 aliphatic carbocycles. The standard InChI is InChI=1S/C7H14N2O3/c1-12-6-2-3-8-7(11)9-4-5-10/h5H,2-4,6H2,1H3,(H2,8,9,11). The molecule has 0 spiro atoms. The van der Waals surface area contributed by atoms with Gasteiger partial charge in [0.15, 0.2) is 0 Å². The van der Waals surface area contributed by atoms with E-state index in [9.17, 15) is 9.59 Å². The Kier molecular flexibility index (Phi) is 7.27. The molecule has 0 aromatic heterocycles. The third-order valence-electron chi connectivity index (χ3n) is 1.16. The fourth-order valence-electron chi connectivity index (χ4n) is 0.615. The number of urea groups is 1. The molecule has 0 aliphatic heterocycles. The molecule has 0 bridgehead atoms. The highest BCUT2D eigenvalue weighted by atomic mass is 16.5. The molecule has 0 saturated carbocycles. The van der Waals surface area contributed by atoms with Crippen molar-refractivity contribution in [1.82, 2.24) is 10.6 Å². The molecule has 5 nitrogen and oxygen atoms in total. The second-order valence-corrected chi connectivity index (χ2v) is 2.15. The summed E-state index contributed by atoms with van der Waals surface area (Å²) < 4.78 is 4.78. The number of nitrogens with one attached hydrogen (secondary N) is 2. The molecule has 5 heteroatoms. The third kappa shape index (κ3) is 7.01. The average Bonchev–Trinajstić information content (AvgIpc) is 2.09. The lowest BCUT2D eigenvalue weighted by Gasteiger charge is -2.03. The highest BCUT2D eigenvalue weighted by Gasteiger charge is 1.95. The molecule has 0 heterocycles. The average molecular weight is 174 g/mol. The van der Waals surface area contributed by atoms with Crippen molar-refractivity contribution >= 4 is 12.3 Å². The highest BCUT2D eigenvalue weighted by molar-refractivity contribution is 5.76. The van der Waals surface area contributed by atoms with E-state index in [0.29, 0.717) is 19.4 Å². The molecule has 0 fully saturated rings. The number of carbonyl (C=O) groups excluding carboxylic acids is 2. The summed E-state index contributed by atoms with van der Waals surface area (Å²) in [6.45, 7) is 1.22. The summed E-state index contributed by atoms with van der Waals surface area (Å²) >= 11 is 0. The number of aldehydes is 1. The molecule has 0 unspecified atom stereocenters. The van der Waals surface area contributed by atoms with Crippen molar-refractivity contribution in [3.63, 3.8) is 0 Å². The predicted octanol–water partition coefficient (Wildman–Crippen LogP) is -0.479. The Balaban J connectivity index is 3.13. The van der Waals surface area contributed by atoms with Gasteiger partial charge in [0.2, 0.25) is 0 Å². The SMILES string of the molecule is COCCCNC(=O)NCC=O. The zero-order valence-corrected chi connectivity index (χ0v) is 7.13. The van der Waals surface area contributed by atoms with Crippen molar-refractivity contribution in [3.8, 4) is 0 Å². The molecule has 2 amide bonds. The summed E-state index contributed by atoms with van der Waals surface area (Å²) in [6, 6.07) is -0.321. The van der Waals surface area contributed by atoms with Gasteiger partial charge in [-0.25, -0.2) is 4.79 Å². The zero-order valence-electron chi connectivity index (χ0n) is 7.13. The first kappa shape index (κ1) is 10.9. The van der Waals surface area contributed by atoms with Crippen LogP contribution in [0, 0.1) is 0 Å². The van der Waals surface area contributed by atoms with Gasteiger partial charge in [0.05, 0.1) is 6.54 Å². The smallest absolute Gasteiger partial charge is 0.315 e. The first-order valence-corrected chi connectivity index (χ1v) is 3.75. The van der Waals surface area contributed by atoms with Gasteiger partial charge in [0, 0.05) is 20.3 Å². The van der Waals surface area contributed by atoms with E-state index in [1.807, 2.05) is 0 Å². The van der Waals surface area contributed by atoms with E-state index in [1.54, 1.807) is 7.11 Å². The van der Waals surface area contributed by atoms with Crippen molar-refractivity contribution < 1.29 is 14.3 Å². The van der Waals surface area contributed by atoms with Gasteiger partial charge in [-0.3, -0.25) is 0 Å². The molecule has 0 rings (SSSR count). The maximum Gasteiger partial charge on any atom is 0.315 e. The van der Waals surface area contributed by atoms with Crippen LogP contribution in [0.3, 0.4) is 0 Å². The van der Waals surface area contributed by atoms with Crippen molar-refractivity contribution in [2.45, 2.75) is 6.42 Å². The van der Waals surface area contributed by atoms with Gasteiger partial charge in [-0.05, 0) is 6.42 Å². The van der Waals surface area contributed by atoms with E-state index in [1.165, 1.54) is 0 Å². The largest absolute Gasteiger partial charge is 0.385 e. The van der Waals surface area contributed by atoms with Gasteiger partial charge in [0.1, 0.15) is 6.29 Å². The summed E-state index contributed by atoms with van der Waals surface area (Å²) in [7, 11) is 1.60. The maximum atomic E-state index is 10.7. The van der Waals surface area contributed by atoms with E-state index in [2.05, 4.69) is 10.6 Å². The lowest BCUT2D eigenvalue weighted by atomic mass is 10.4. The minimum absolute atomic E-state index is 0.0517. The zero-order chi connectivity index (χ0) is 9.23. The van der Waals surface area contributed by atoms with Gasteiger partial charge in [-0.1, -0.05) is 0 Å². The predicted molar refractivity (Wildman–Crippen MR) is 44.0 cm³/mol. The monoisotopic (exact) mass is 174 g/mol. The summed E-state index contributed by atoms with van der Waals surface area (Å²) in [4.78, 5) is 20.6. The van der Waals surface area contributed by atoms with Crippen molar-refractivity contribution in [1.29, 1.82) is 0 Å². The molecule has 12 heavy (non-hydrogen) atoms. The third-order valence-corrected chi connectivity index (χ3v) is 1.16. The minimum atomic E-state index is -0.321. The molecule has 0 atom stereocenters. The molecular weight excluding hydrogens is 160 g/mol. The second kappa shape index (κ2) is 8.00. The van der Waals surface area contributed by atoms with Gasteiger partial charge in [-0.2, -0.15) is 0 Å². The molecule has 0 aliphatic rings. The summed E-state index contributed by atoms with van der Waals surface area (Å²) in [5.41, 5.74) is 0. The van der Waals surface area contributed by atoms with Crippen LogP contribution in [-0.2, 0) is 9.53 Å². The molecule has 0 aromatic rings. The number of hydrogen-bond acceptors (Lipinski definition) is 3. The molecule has 0 radical (unpaired) electrons. The molecule has 0 aromatic carbocycles. The first-order valence-electron chi connectivity index (χ1n) is 3.75. The van der Waals surface area contributed by atoms with Gasteiger partial charge in [-0.15, -0.1) is 0 Å². The molecule has 70 valence electrons. The lowest BCUT2D eigenvalue weighted by Crippen LogP contribution is -2.37. The summed E-state index contributed by atoms with van der Waals surface area (Å²) in [5.74, 6) is 0. The van der Waals surface area contributed by atoms with E-state index < -0.39 is 0 Å². The van der Waals surface area contributed by atoms with Crippen molar-refractivity contribution in [2.24, 2.45) is 0 Å². The minimum Gasteiger partial charge on any atom is -0.385 e. The number of carbonyl (C=O) groups is 2. The Hall–Kier alpha value is -1.10. The van der Waals surface area contributed by atoms with Crippen LogP contribution >= 0.6 is 0 Å². The van der Waals surface area contributed by atoms with E-state index in [4.69, 9.17) is 4.74 Å². The number of methoxy groups -OCH3 is 1. The van der Waals surface area contributed by atoms with Crippen molar-refractivity contribution in [3.05, 3.63) is 0 Å². The van der Waals surface area contributed by atoms with E-state index in [-0.39, 0.29) is 12.6 Å². The Labute approximate surface area is 71.5 Å². The normalized spacial score (nSPS) is 9.08. The number of amides is 2. The first-order chi connectivity index (χ1) is 5.81. The summed E-state index contributed by atoms with van der Waals surface area (Å²) in [5, 5.41) is 4.91. The number of hydrogen-bond donors (Lipinski definition) is 2. The lowest BCUT2D eigenvalue weighted by molar-refractivity contribution is -0.107. The van der Waals surface area contributed by atoms with Crippen LogP contribution in [0.25, 0.3) is 0 Å². The van der Waals surface area contributed by atoms with Crippen LogP contribution in [-0.4, -0.2) is 39.1 Å². The Morgan fingerprint density at radius 3 is 2.83 bits per heavy atom. The topological polar surface area (TPSA) is 67.4 Å². The van der Waals surface area contributed by atoms with Crippen LogP contribution in [0.4, 0.5) is 4.79 Å². The van der Waals surface area contributed by atoms with Gasteiger partial charge >= 0.3 is 6.03 Å². The second-order valence-electron chi connectivity index (χ2n) is 2.15. The molecule has 2 N–H and O–H groups in total. The number of ether oxygens (including phenoxy) is 1. The summed E-state index contributed by atoms with van der Waals surface area (Å²) in [6.07, 6.45) is 1.40. The fourth-order valence-corrected chi connectivity index (χ4v) is 0.615. The van der Waals surface area contributed by atoms with Gasteiger partial charge < -0.3 is 20.2 Å². The van der Waals surface area contributed by atoms with Crippen LogP contribution in [0.1, 0.15) is 6.42 Å². The molecule has 0 saturated heterocycles. The van der Waals surface area contributed by atoms with Crippen LogP contribution in [0.15, 0.2) is 0 Å². The van der Waals surface area contributed by atoms with E-state index >= 15 is 0 Å².